The maximum atomic E-state index is 11.5. The van der Waals surface area contributed by atoms with Crippen LogP contribution < -0.4 is 10.2 Å². The summed E-state index contributed by atoms with van der Waals surface area (Å²) in [6.45, 7) is 5.86. The summed E-state index contributed by atoms with van der Waals surface area (Å²) in [6, 6.07) is 0. The molecule has 0 bridgehead atoms. The molecule has 21 heavy (non-hydrogen) atoms. The molecule has 0 saturated carbocycles. The van der Waals surface area contributed by atoms with Crippen LogP contribution in [-0.4, -0.2) is 53.4 Å². The largest absolute Gasteiger partial charge is 0.353 e. The molecule has 1 amide bonds. The molecule has 1 N–H and O–H groups in total. The Labute approximate surface area is 128 Å². The Hall–Kier alpha value is -1.60. The Kier molecular flexibility index (Phi) is 4.12. The third kappa shape index (κ3) is 2.75. The standard InChI is InChI=1S/C14H21N5OS/c1-11(20)17-4-3-5-18(7-6-17)13-12(10-15-2)19-8-9-21-14(19)16-13/h8-9,15H,3-7,10H2,1-2H3. The molecule has 2 aromatic heterocycles. The fraction of sp³-hybridized carbons (Fsp3) is 0.571. The van der Waals surface area contributed by atoms with Crippen molar-refractivity contribution in [3.05, 3.63) is 17.3 Å². The molecule has 1 aliphatic rings. The monoisotopic (exact) mass is 307 g/mol. The summed E-state index contributed by atoms with van der Waals surface area (Å²) in [4.78, 5) is 21.6. The first kappa shape index (κ1) is 14.3. The molecule has 0 aliphatic carbocycles. The molecule has 1 saturated heterocycles. The molecule has 6 nitrogen and oxygen atoms in total. The molecular weight excluding hydrogens is 286 g/mol. The summed E-state index contributed by atoms with van der Waals surface area (Å²) in [5.74, 6) is 1.22. The van der Waals surface area contributed by atoms with Gasteiger partial charge in [0.05, 0.1) is 5.69 Å². The van der Waals surface area contributed by atoms with Crippen molar-refractivity contribution in [3.8, 4) is 0 Å². The third-order valence-corrected chi connectivity index (χ3v) is 4.68. The van der Waals surface area contributed by atoms with Crippen LogP contribution in [0, 0.1) is 0 Å². The number of aromatic nitrogens is 2. The van der Waals surface area contributed by atoms with Gasteiger partial charge in [-0.3, -0.25) is 9.20 Å². The number of nitrogens with one attached hydrogen (secondary N) is 1. The lowest BCUT2D eigenvalue weighted by molar-refractivity contribution is -0.128. The summed E-state index contributed by atoms with van der Waals surface area (Å²) in [6.07, 6.45) is 3.06. The Balaban J connectivity index is 1.87. The minimum atomic E-state index is 0.165. The Morgan fingerprint density at radius 1 is 1.38 bits per heavy atom. The third-order valence-electron chi connectivity index (χ3n) is 3.92. The molecule has 7 heteroatoms. The van der Waals surface area contributed by atoms with Crippen molar-refractivity contribution in [2.75, 3.05) is 38.1 Å². The first-order chi connectivity index (χ1) is 10.2. The highest BCUT2D eigenvalue weighted by molar-refractivity contribution is 7.15. The average Bonchev–Trinajstić information content (AvgIpc) is 2.93. The highest BCUT2D eigenvalue weighted by Crippen LogP contribution is 2.25. The van der Waals surface area contributed by atoms with E-state index in [4.69, 9.17) is 4.98 Å². The number of hydrogen-bond donors (Lipinski definition) is 1. The van der Waals surface area contributed by atoms with Crippen molar-refractivity contribution in [1.29, 1.82) is 0 Å². The highest BCUT2D eigenvalue weighted by Gasteiger charge is 2.22. The quantitative estimate of drug-likeness (QED) is 0.925. The van der Waals surface area contributed by atoms with Gasteiger partial charge in [0.25, 0.3) is 0 Å². The molecule has 0 spiro atoms. The zero-order valence-electron chi connectivity index (χ0n) is 12.5. The second-order valence-electron chi connectivity index (χ2n) is 5.31. The van der Waals surface area contributed by atoms with E-state index in [0.717, 1.165) is 49.9 Å². The van der Waals surface area contributed by atoms with Gasteiger partial charge >= 0.3 is 0 Å². The number of imidazole rings is 1. The predicted molar refractivity (Wildman–Crippen MR) is 84.9 cm³/mol. The lowest BCUT2D eigenvalue weighted by Crippen LogP contribution is -2.34. The topological polar surface area (TPSA) is 52.9 Å². The van der Waals surface area contributed by atoms with E-state index in [9.17, 15) is 4.79 Å². The molecule has 3 heterocycles. The maximum Gasteiger partial charge on any atom is 0.219 e. The van der Waals surface area contributed by atoms with E-state index in [-0.39, 0.29) is 5.91 Å². The van der Waals surface area contributed by atoms with Crippen LogP contribution in [0.3, 0.4) is 0 Å². The van der Waals surface area contributed by atoms with Crippen LogP contribution in [0.15, 0.2) is 11.6 Å². The highest BCUT2D eigenvalue weighted by atomic mass is 32.1. The number of carbonyl (C=O) groups excluding carboxylic acids is 1. The normalized spacial score (nSPS) is 16.5. The molecule has 3 rings (SSSR count). The van der Waals surface area contributed by atoms with E-state index in [1.165, 1.54) is 5.69 Å². The maximum absolute atomic E-state index is 11.5. The van der Waals surface area contributed by atoms with Crippen LogP contribution in [0.2, 0.25) is 0 Å². The molecule has 0 atom stereocenters. The summed E-state index contributed by atoms with van der Waals surface area (Å²) in [7, 11) is 1.95. The zero-order valence-corrected chi connectivity index (χ0v) is 13.3. The minimum Gasteiger partial charge on any atom is -0.353 e. The summed E-state index contributed by atoms with van der Waals surface area (Å²) >= 11 is 1.66. The summed E-state index contributed by atoms with van der Waals surface area (Å²) in [5.41, 5.74) is 1.20. The molecule has 0 aromatic carbocycles. The van der Waals surface area contributed by atoms with Crippen LogP contribution in [0.1, 0.15) is 19.0 Å². The number of fused-ring (bicyclic) bond motifs is 1. The van der Waals surface area contributed by atoms with Gasteiger partial charge in [0.15, 0.2) is 10.8 Å². The van der Waals surface area contributed by atoms with E-state index in [0.29, 0.717) is 0 Å². The lowest BCUT2D eigenvalue weighted by atomic mass is 10.3. The predicted octanol–water partition coefficient (Wildman–Crippen LogP) is 1.17. The molecule has 1 aliphatic heterocycles. The Morgan fingerprint density at radius 2 is 2.24 bits per heavy atom. The van der Waals surface area contributed by atoms with Gasteiger partial charge < -0.3 is 15.1 Å². The second kappa shape index (κ2) is 6.03. The first-order valence-electron chi connectivity index (χ1n) is 7.30. The molecule has 2 aromatic rings. The van der Waals surface area contributed by atoms with Crippen LogP contribution >= 0.6 is 11.3 Å². The SMILES string of the molecule is CNCc1c(N2CCCN(C(C)=O)CC2)nc2sccn12. The lowest BCUT2D eigenvalue weighted by Gasteiger charge is -2.22. The van der Waals surface area contributed by atoms with Gasteiger partial charge in [0, 0.05) is 51.2 Å². The number of thiazole rings is 1. The van der Waals surface area contributed by atoms with Gasteiger partial charge in [-0.1, -0.05) is 0 Å². The van der Waals surface area contributed by atoms with E-state index in [1.54, 1.807) is 18.3 Å². The van der Waals surface area contributed by atoms with Crippen molar-refractivity contribution in [2.24, 2.45) is 0 Å². The number of hydrogen-bond acceptors (Lipinski definition) is 5. The van der Waals surface area contributed by atoms with Crippen molar-refractivity contribution in [3.63, 3.8) is 0 Å². The van der Waals surface area contributed by atoms with Crippen molar-refractivity contribution < 1.29 is 4.79 Å². The number of anilines is 1. The van der Waals surface area contributed by atoms with Gasteiger partial charge in [0.2, 0.25) is 5.91 Å². The molecule has 0 unspecified atom stereocenters. The van der Waals surface area contributed by atoms with Crippen LogP contribution in [0.5, 0.6) is 0 Å². The van der Waals surface area contributed by atoms with Gasteiger partial charge in [0.1, 0.15) is 0 Å². The molecule has 0 radical (unpaired) electrons. The number of carbonyl (C=O) groups is 1. The van der Waals surface area contributed by atoms with E-state index in [1.807, 2.05) is 11.9 Å². The fourth-order valence-electron chi connectivity index (χ4n) is 2.85. The molecular formula is C14H21N5OS. The smallest absolute Gasteiger partial charge is 0.219 e. The minimum absolute atomic E-state index is 0.165. The van der Waals surface area contributed by atoms with E-state index >= 15 is 0 Å². The Morgan fingerprint density at radius 3 is 3.00 bits per heavy atom. The van der Waals surface area contributed by atoms with E-state index < -0.39 is 0 Å². The number of amides is 1. The van der Waals surface area contributed by atoms with Gasteiger partial charge in [-0.05, 0) is 13.5 Å². The van der Waals surface area contributed by atoms with E-state index in [2.05, 4.69) is 26.2 Å². The van der Waals surface area contributed by atoms with Gasteiger partial charge in [-0.2, -0.15) is 0 Å². The molecule has 114 valence electrons. The fourth-order valence-corrected chi connectivity index (χ4v) is 3.58. The van der Waals surface area contributed by atoms with Crippen molar-refractivity contribution >= 4 is 28.0 Å². The second-order valence-corrected chi connectivity index (χ2v) is 6.19. The van der Waals surface area contributed by atoms with Crippen LogP contribution in [0.4, 0.5) is 5.82 Å². The number of rotatable bonds is 3. The number of nitrogens with zero attached hydrogens (tertiary/aromatic N) is 4. The summed E-state index contributed by atoms with van der Waals surface area (Å²) < 4.78 is 2.16. The van der Waals surface area contributed by atoms with Gasteiger partial charge in [-0.25, -0.2) is 4.98 Å². The molecule has 1 fully saturated rings. The Bertz CT molecular complexity index is 634. The van der Waals surface area contributed by atoms with Crippen molar-refractivity contribution in [2.45, 2.75) is 19.9 Å². The van der Waals surface area contributed by atoms with Crippen molar-refractivity contribution in [1.82, 2.24) is 19.6 Å². The van der Waals surface area contributed by atoms with Crippen LogP contribution in [-0.2, 0) is 11.3 Å². The summed E-state index contributed by atoms with van der Waals surface area (Å²) in [5, 5.41) is 5.29. The zero-order chi connectivity index (χ0) is 14.8. The first-order valence-corrected chi connectivity index (χ1v) is 8.18. The average molecular weight is 307 g/mol. The van der Waals surface area contributed by atoms with Crippen LogP contribution in [0.25, 0.3) is 4.96 Å². The van der Waals surface area contributed by atoms with Gasteiger partial charge in [-0.15, -0.1) is 11.3 Å².